The molecule has 17 heavy (non-hydrogen) atoms. The predicted octanol–water partition coefficient (Wildman–Crippen LogP) is 2.98. The second kappa shape index (κ2) is 4.24. The van der Waals surface area contributed by atoms with Gasteiger partial charge in [0.1, 0.15) is 0 Å². The van der Waals surface area contributed by atoms with Gasteiger partial charge in [0.25, 0.3) is 0 Å². The van der Waals surface area contributed by atoms with Crippen molar-refractivity contribution in [2.75, 3.05) is 14.2 Å². The number of hydrogen-bond acceptors (Lipinski definition) is 3. The molecule has 1 unspecified atom stereocenters. The van der Waals surface area contributed by atoms with Gasteiger partial charge in [0.15, 0.2) is 11.5 Å². The van der Waals surface area contributed by atoms with Gasteiger partial charge in [-0.15, -0.1) is 0 Å². The van der Waals surface area contributed by atoms with Crippen LogP contribution in [0.4, 0.5) is 0 Å². The van der Waals surface area contributed by atoms with Crippen LogP contribution in [0, 0.1) is 0 Å². The monoisotopic (exact) mass is 254 g/mol. The summed E-state index contributed by atoms with van der Waals surface area (Å²) < 4.78 is 10.6. The fourth-order valence-corrected chi connectivity index (χ4v) is 2.44. The molecule has 0 bridgehead atoms. The maximum Gasteiger partial charge on any atom is 0.167 e. The van der Waals surface area contributed by atoms with Crippen LogP contribution in [0.3, 0.4) is 0 Å². The zero-order chi connectivity index (χ0) is 12.6. The van der Waals surface area contributed by atoms with Gasteiger partial charge in [0.2, 0.25) is 0 Å². The molecule has 1 aromatic rings. The first-order valence-electron chi connectivity index (χ1n) is 5.35. The van der Waals surface area contributed by atoms with Gasteiger partial charge in [0, 0.05) is 17.2 Å². The minimum Gasteiger partial charge on any atom is -0.493 e. The van der Waals surface area contributed by atoms with E-state index in [-0.39, 0.29) is 0 Å². The Kier molecular flexibility index (Phi) is 3.06. The first-order valence-corrected chi connectivity index (χ1v) is 5.73. The standard InChI is InChI=1S/C13H15ClO3/c1-13(15)6-4-5-8-9(14)7-10(16-2)12(17-3)11(8)13/h4-5,7,15H,6H2,1-3H3. The Labute approximate surface area is 106 Å². The SMILES string of the molecule is COc1cc(Cl)c2c(c1OC)C(C)(O)CC=C2. The number of hydrogen-bond donors (Lipinski definition) is 1. The maximum absolute atomic E-state index is 10.4. The molecule has 92 valence electrons. The summed E-state index contributed by atoms with van der Waals surface area (Å²) in [6.45, 7) is 1.74. The van der Waals surface area contributed by atoms with Crippen molar-refractivity contribution < 1.29 is 14.6 Å². The zero-order valence-corrected chi connectivity index (χ0v) is 10.8. The van der Waals surface area contributed by atoms with Crippen molar-refractivity contribution >= 4 is 17.7 Å². The van der Waals surface area contributed by atoms with Gasteiger partial charge in [0.05, 0.1) is 24.8 Å². The highest BCUT2D eigenvalue weighted by molar-refractivity contribution is 6.32. The molecular weight excluding hydrogens is 240 g/mol. The summed E-state index contributed by atoms with van der Waals surface area (Å²) in [5.74, 6) is 1.08. The van der Waals surface area contributed by atoms with E-state index in [1.807, 2.05) is 12.2 Å². The minimum atomic E-state index is -0.992. The third kappa shape index (κ3) is 1.90. The normalized spacial score (nSPS) is 22.2. The average molecular weight is 255 g/mol. The van der Waals surface area contributed by atoms with E-state index in [0.717, 1.165) is 5.56 Å². The van der Waals surface area contributed by atoms with Crippen LogP contribution in [0.15, 0.2) is 12.1 Å². The molecule has 3 nitrogen and oxygen atoms in total. The molecule has 0 saturated carbocycles. The van der Waals surface area contributed by atoms with Crippen molar-refractivity contribution in [3.63, 3.8) is 0 Å². The van der Waals surface area contributed by atoms with Crippen LogP contribution in [0.2, 0.25) is 5.02 Å². The molecule has 0 amide bonds. The number of benzene rings is 1. The summed E-state index contributed by atoms with van der Waals surface area (Å²) >= 11 is 6.18. The van der Waals surface area contributed by atoms with E-state index in [1.165, 1.54) is 0 Å². The van der Waals surface area contributed by atoms with Crippen molar-refractivity contribution in [1.82, 2.24) is 0 Å². The van der Waals surface area contributed by atoms with Gasteiger partial charge >= 0.3 is 0 Å². The molecule has 2 rings (SSSR count). The lowest BCUT2D eigenvalue weighted by Crippen LogP contribution is -2.25. The zero-order valence-electron chi connectivity index (χ0n) is 10.1. The van der Waals surface area contributed by atoms with E-state index in [0.29, 0.717) is 28.5 Å². The van der Waals surface area contributed by atoms with Crippen LogP contribution < -0.4 is 9.47 Å². The van der Waals surface area contributed by atoms with E-state index >= 15 is 0 Å². The Balaban J connectivity index is 2.79. The highest BCUT2D eigenvalue weighted by Gasteiger charge is 2.33. The second-order valence-electron chi connectivity index (χ2n) is 4.26. The van der Waals surface area contributed by atoms with Gasteiger partial charge in [-0.05, 0) is 13.3 Å². The number of ether oxygens (including phenoxy) is 2. The molecule has 0 saturated heterocycles. The van der Waals surface area contributed by atoms with Crippen molar-refractivity contribution in [2.45, 2.75) is 18.9 Å². The fourth-order valence-electron chi connectivity index (χ4n) is 2.18. The van der Waals surface area contributed by atoms with Crippen LogP contribution in [-0.4, -0.2) is 19.3 Å². The number of rotatable bonds is 2. The van der Waals surface area contributed by atoms with Crippen LogP contribution in [0.1, 0.15) is 24.5 Å². The molecule has 0 fully saturated rings. The molecule has 1 aliphatic rings. The summed E-state index contributed by atoms with van der Waals surface area (Å²) in [6, 6.07) is 1.70. The van der Waals surface area contributed by atoms with E-state index in [2.05, 4.69) is 0 Å². The number of fused-ring (bicyclic) bond motifs is 1. The molecule has 1 atom stereocenters. The van der Waals surface area contributed by atoms with Crippen LogP contribution in [0.25, 0.3) is 6.08 Å². The minimum absolute atomic E-state index is 0.528. The van der Waals surface area contributed by atoms with Gasteiger partial charge in [-0.3, -0.25) is 0 Å². The van der Waals surface area contributed by atoms with Crippen molar-refractivity contribution in [3.05, 3.63) is 28.3 Å². The Morgan fingerprint density at radius 1 is 1.35 bits per heavy atom. The van der Waals surface area contributed by atoms with Crippen LogP contribution in [0.5, 0.6) is 11.5 Å². The Morgan fingerprint density at radius 2 is 2.06 bits per heavy atom. The number of aliphatic hydroxyl groups is 1. The topological polar surface area (TPSA) is 38.7 Å². The second-order valence-corrected chi connectivity index (χ2v) is 4.67. The van der Waals surface area contributed by atoms with Crippen LogP contribution >= 0.6 is 11.6 Å². The molecule has 0 spiro atoms. The summed E-state index contributed by atoms with van der Waals surface area (Å²) in [5, 5.41) is 11.0. The Bertz CT molecular complexity index is 478. The van der Waals surface area contributed by atoms with E-state index in [1.54, 1.807) is 27.2 Å². The van der Waals surface area contributed by atoms with E-state index in [9.17, 15) is 5.11 Å². The van der Waals surface area contributed by atoms with E-state index in [4.69, 9.17) is 21.1 Å². The van der Waals surface area contributed by atoms with Gasteiger partial charge < -0.3 is 14.6 Å². The summed E-state index contributed by atoms with van der Waals surface area (Å²) in [7, 11) is 3.11. The molecule has 0 aromatic heterocycles. The van der Waals surface area contributed by atoms with Gasteiger partial charge in [-0.2, -0.15) is 0 Å². The lowest BCUT2D eigenvalue weighted by atomic mass is 9.83. The highest BCUT2D eigenvalue weighted by atomic mass is 35.5. The first kappa shape index (κ1) is 12.3. The number of methoxy groups -OCH3 is 2. The number of halogens is 1. The van der Waals surface area contributed by atoms with Crippen molar-refractivity contribution in [2.24, 2.45) is 0 Å². The summed E-state index contributed by atoms with van der Waals surface area (Å²) in [5.41, 5.74) is 0.487. The summed E-state index contributed by atoms with van der Waals surface area (Å²) in [4.78, 5) is 0. The summed E-state index contributed by atoms with van der Waals surface area (Å²) in [6.07, 6.45) is 4.33. The van der Waals surface area contributed by atoms with E-state index < -0.39 is 5.60 Å². The lowest BCUT2D eigenvalue weighted by Gasteiger charge is -2.30. The predicted molar refractivity (Wildman–Crippen MR) is 67.8 cm³/mol. The molecule has 1 N–H and O–H groups in total. The Hall–Kier alpha value is -1.19. The first-order chi connectivity index (χ1) is 8.01. The lowest BCUT2D eigenvalue weighted by molar-refractivity contribution is 0.0560. The fraction of sp³-hybridized carbons (Fsp3) is 0.385. The smallest absolute Gasteiger partial charge is 0.167 e. The van der Waals surface area contributed by atoms with Crippen LogP contribution in [-0.2, 0) is 5.60 Å². The maximum atomic E-state index is 10.4. The molecule has 0 heterocycles. The third-order valence-electron chi connectivity index (χ3n) is 3.00. The van der Waals surface area contributed by atoms with Gasteiger partial charge in [-0.1, -0.05) is 23.8 Å². The molecule has 4 heteroatoms. The highest BCUT2D eigenvalue weighted by Crippen LogP contribution is 2.47. The molecule has 0 aliphatic heterocycles. The molecular formula is C13H15ClO3. The van der Waals surface area contributed by atoms with Crippen molar-refractivity contribution in [1.29, 1.82) is 0 Å². The average Bonchev–Trinajstić information content (AvgIpc) is 2.29. The molecule has 1 aromatic carbocycles. The molecule has 1 aliphatic carbocycles. The quantitative estimate of drug-likeness (QED) is 0.882. The van der Waals surface area contributed by atoms with Gasteiger partial charge in [-0.25, -0.2) is 0 Å². The molecule has 0 radical (unpaired) electrons. The Morgan fingerprint density at radius 3 is 2.65 bits per heavy atom. The third-order valence-corrected chi connectivity index (χ3v) is 3.31. The largest absolute Gasteiger partial charge is 0.493 e. The van der Waals surface area contributed by atoms with Crippen molar-refractivity contribution in [3.8, 4) is 11.5 Å².